The van der Waals surface area contributed by atoms with E-state index in [4.69, 9.17) is 19.3 Å². The Bertz CT molecular complexity index is 1580. The van der Waals surface area contributed by atoms with Crippen LogP contribution in [0.25, 0.3) is 45.0 Å². The van der Waals surface area contributed by atoms with Crippen molar-refractivity contribution in [2.24, 2.45) is 0 Å². The predicted octanol–water partition coefficient (Wildman–Crippen LogP) is 7.44. The van der Waals surface area contributed by atoms with Gasteiger partial charge in [-0.05, 0) is 55.9 Å². The Labute approximate surface area is 230 Å². The molecule has 1 saturated heterocycles. The van der Waals surface area contributed by atoms with Crippen LogP contribution in [0.5, 0.6) is 0 Å². The first-order valence-corrected chi connectivity index (χ1v) is 13.4. The van der Waals surface area contributed by atoms with Crippen molar-refractivity contribution in [3.63, 3.8) is 0 Å². The third kappa shape index (κ3) is 5.03. The van der Waals surface area contributed by atoms with E-state index in [-0.39, 0.29) is 0 Å². The van der Waals surface area contributed by atoms with Crippen LogP contribution in [0.4, 0.5) is 0 Å². The molecule has 1 fully saturated rings. The number of hydrogen-bond acceptors (Lipinski definition) is 4. The molecule has 4 nitrogen and oxygen atoms in total. The first-order valence-electron chi connectivity index (χ1n) is 13.4. The Morgan fingerprint density at radius 2 is 0.974 bits per heavy atom. The van der Waals surface area contributed by atoms with Crippen LogP contribution in [0.1, 0.15) is 27.7 Å². The predicted molar refractivity (Wildman–Crippen MR) is 159 cm³/mol. The van der Waals surface area contributed by atoms with Crippen molar-refractivity contribution in [3.8, 4) is 45.0 Å². The average Bonchev–Trinajstić information content (AvgIpc) is 3.20. The second kappa shape index (κ2) is 9.92. The summed E-state index contributed by atoms with van der Waals surface area (Å²) in [6.07, 6.45) is 0. The van der Waals surface area contributed by atoms with Crippen LogP contribution < -0.4 is 5.46 Å². The Balaban J connectivity index is 1.41. The van der Waals surface area contributed by atoms with Crippen LogP contribution >= 0.6 is 0 Å². The molecule has 0 N–H and O–H groups in total. The lowest BCUT2D eigenvalue weighted by molar-refractivity contribution is 0.00578. The van der Waals surface area contributed by atoms with E-state index in [0.717, 1.165) is 39.1 Å². The van der Waals surface area contributed by atoms with Gasteiger partial charge in [-0.15, -0.1) is 0 Å². The fourth-order valence-corrected chi connectivity index (χ4v) is 4.75. The highest BCUT2D eigenvalue weighted by molar-refractivity contribution is 6.62. The lowest BCUT2D eigenvalue weighted by Gasteiger charge is -2.32. The van der Waals surface area contributed by atoms with Gasteiger partial charge in [0.2, 0.25) is 0 Å². The van der Waals surface area contributed by atoms with Crippen molar-refractivity contribution in [1.82, 2.24) is 9.97 Å². The zero-order valence-corrected chi connectivity index (χ0v) is 22.8. The summed E-state index contributed by atoms with van der Waals surface area (Å²) >= 11 is 0. The Hall–Kier alpha value is -4.06. The standard InChI is InChI=1S/C34H31BN2O2/c1-33(2)34(3,4)39-35(38-33)29-17-11-16-28(22-29)31-23-30(26-14-9-6-10-15-26)36-32(37-31)27-20-18-25(19-21-27)24-12-7-5-8-13-24/h5-23H,1-4H3. The first kappa shape index (κ1) is 25.2. The molecule has 0 saturated carbocycles. The molecule has 1 aromatic heterocycles. The fourth-order valence-electron chi connectivity index (χ4n) is 4.75. The van der Waals surface area contributed by atoms with Crippen molar-refractivity contribution in [2.75, 3.05) is 0 Å². The van der Waals surface area contributed by atoms with Gasteiger partial charge in [0.15, 0.2) is 5.82 Å². The van der Waals surface area contributed by atoms with Crippen LogP contribution in [0.2, 0.25) is 0 Å². The van der Waals surface area contributed by atoms with E-state index in [9.17, 15) is 0 Å². The molecule has 0 amide bonds. The number of aromatic nitrogens is 2. The number of benzene rings is 4. The molecule has 2 heterocycles. The van der Waals surface area contributed by atoms with Crippen LogP contribution in [0, 0.1) is 0 Å². The van der Waals surface area contributed by atoms with Gasteiger partial charge >= 0.3 is 7.12 Å². The third-order valence-electron chi connectivity index (χ3n) is 7.75. The summed E-state index contributed by atoms with van der Waals surface area (Å²) in [6, 6.07) is 39.4. The van der Waals surface area contributed by atoms with Crippen molar-refractivity contribution in [1.29, 1.82) is 0 Å². The molecule has 0 spiro atoms. The van der Waals surface area contributed by atoms with E-state index in [0.29, 0.717) is 5.82 Å². The maximum atomic E-state index is 6.32. The molecule has 0 aliphatic carbocycles. The molecule has 5 heteroatoms. The largest absolute Gasteiger partial charge is 0.494 e. The summed E-state index contributed by atoms with van der Waals surface area (Å²) in [7, 11) is -0.435. The normalized spacial score (nSPS) is 15.8. The van der Waals surface area contributed by atoms with E-state index >= 15 is 0 Å². The second-order valence-electron chi connectivity index (χ2n) is 11.0. The molecule has 0 radical (unpaired) electrons. The maximum absolute atomic E-state index is 6.32. The summed E-state index contributed by atoms with van der Waals surface area (Å²) in [5.41, 5.74) is 7.25. The fraction of sp³-hybridized carbons (Fsp3) is 0.176. The van der Waals surface area contributed by atoms with Gasteiger partial charge < -0.3 is 9.31 Å². The van der Waals surface area contributed by atoms with Gasteiger partial charge in [-0.1, -0.05) is 109 Å². The lowest BCUT2D eigenvalue weighted by atomic mass is 9.78. The van der Waals surface area contributed by atoms with Gasteiger partial charge in [0.25, 0.3) is 0 Å². The van der Waals surface area contributed by atoms with Gasteiger partial charge in [-0.25, -0.2) is 9.97 Å². The van der Waals surface area contributed by atoms with Crippen LogP contribution in [0.3, 0.4) is 0 Å². The van der Waals surface area contributed by atoms with Crippen molar-refractivity contribution >= 4 is 12.6 Å². The highest BCUT2D eigenvalue weighted by Crippen LogP contribution is 2.37. The molecule has 1 aliphatic rings. The highest BCUT2D eigenvalue weighted by atomic mass is 16.7. The van der Waals surface area contributed by atoms with E-state index in [1.165, 1.54) is 5.56 Å². The van der Waals surface area contributed by atoms with Gasteiger partial charge in [0, 0.05) is 11.1 Å². The lowest BCUT2D eigenvalue weighted by Crippen LogP contribution is -2.41. The molecule has 0 unspecified atom stereocenters. The SMILES string of the molecule is CC1(C)OB(c2cccc(-c3cc(-c4ccccc4)nc(-c4ccc(-c5ccccc5)cc4)n3)c2)OC1(C)C. The topological polar surface area (TPSA) is 44.2 Å². The zero-order chi connectivity index (χ0) is 27.0. The molecule has 6 rings (SSSR count). The summed E-state index contributed by atoms with van der Waals surface area (Å²) in [4.78, 5) is 10.0. The van der Waals surface area contributed by atoms with Crippen molar-refractivity contribution < 1.29 is 9.31 Å². The third-order valence-corrected chi connectivity index (χ3v) is 7.75. The first-order chi connectivity index (χ1) is 18.8. The minimum atomic E-state index is -0.435. The van der Waals surface area contributed by atoms with Gasteiger partial charge in [-0.3, -0.25) is 0 Å². The molecular formula is C34H31BN2O2. The summed E-state index contributed by atoms with van der Waals surface area (Å²) < 4.78 is 12.6. The molecule has 0 atom stereocenters. The van der Waals surface area contributed by atoms with E-state index in [1.54, 1.807) is 0 Å². The Morgan fingerprint density at radius 1 is 0.487 bits per heavy atom. The Kier molecular flexibility index (Phi) is 6.42. The molecular weight excluding hydrogens is 479 g/mol. The highest BCUT2D eigenvalue weighted by Gasteiger charge is 2.51. The van der Waals surface area contributed by atoms with E-state index in [2.05, 4.69) is 107 Å². The smallest absolute Gasteiger partial charge is 0.399 e. The quantitative estimate of drug-likeness (QED) is 0.231. The minimum Gasteiger partial charge on any atom is -0.399 e. The van der Waals surface area contributed by atoms with Crippen LogP contribution in [-0.4, -0.2) is 28.3 Å². The number of rotatable bonds is 5. The van der Waals surface area contributed by atoms with Crippen molar-refractivity contribution in [2.45, 2.75) is 38.9 Å². The van der Waals surface area contributed by atoms with E-state index < -0.39 is 18.3 Å². The monoisotopic (exact) mass is 510 g/mol. The molecule has 5 aromatic rings. The summed E-state index contributed by atoms with van der Waals surface area (Å²) in [6.45, 7) is 8.29. The Morgan fingerprint density at radius 3 is 1.59 bits per heavy atom. The maximum Gasteiger partial charge on any atom is 0.494 e. The molecule has 4 aromatic carbocycles. The molecule has 0 bridgehead atoms. The van der Waals surface area contributed by atoms with Gasteiger partial charge in [0.05, 0.1) is 22.6 Å². The van der Waals surface area contributed by atoms with E-state index in [1.807, 2.05) is 36.4 Å². The van der Waals surface area contributed by atoms with Crippen molar-refractivity contribution in [3.05, 3.63) is 115 Å². The average molecular weight is 510 g/mol. The molecule has 1 aliphatic heterocycles. The molecule has 39 heavy (non-hydrogen) atoms. The van der Waals surface area contributed by atoms with Gasteiger partial charge in [-0.2, -0.15) is 0 Å². The minimum absolute atomic E-state index is 0.401. The number of hydrogen-bond donors (Lipinski definition) is 0. The van der Waals surface area contributed by atoms with Crippen LogP contribution in [-0.2, 0) is 9.31 Å². The zero-order valence-electron chi connectivity index (χ0n) is 22.8. The summed E-state index contributed by atoms with van der Waals surface area (Å²) in [5, 5.41) is 0. The number of nitrogens with zero attached hydrogens (tertiary/aromatic N) is 2. The van der Waals surface area contributed by atoms with Gasteiger partial charge in [0.1, 0.15) is 0 Å². The summed E-state index contributed by atoms with van der Waals surface area (Å²) in [5.74, 6) is 0.687. The van der Waals surface area contributed by atoms with Crippen LogP contribution in [0.15, 0.2) is 115 Å². The second-order valence-corrected chi connectivity index (χ2v) is 11.0. The molecule has 192 valence electrons.